The Kier molecular flexibility index (Phi) is 4.26. The van der Waals surface area contributed by atoms with E-state index in [1.165, 1.54) is 5.56 Å². The van der Waals surface area contributed by atoms with E-state index in [1.54, 1.807) is 29.5 Å². The molecule has 6 heteroatoms. The number of aromatic nitrogens is 2. The third-order valence-corrected chi connectivity index (χ3v) is 5.37. The third-order valence-electron chi connectivity index (χ3n) is 4.20. The Balaban J connectivity index is 1.95. The number of hydrogen-bond acceptors (Lipinski definition) is 5. The molecule has 0 saturated carbocycles. The fraction of sp³-hybridized carbons (Fsp3) is 0.100. The van der Waals surface area contributed by atoms with Gasteiger partial charge in [-0.1, -0.05) is 42.0 Å². The summed E-state index contributed by atoms with van der Waals surface area (Å²) in [5, 5.41) is 14.4. The Morgan fingerprint density at radius 3 is 2.46 bits per heavy atom. The minimum atomic E-state index is 0.152. The molecule has 0 bridgehead atoms. The molecule has 2 N–H and O–H groups in total. The van der Waals surface area contributed by atoms with E-state index in [2.05, 4.69) is 53.4 Å². The average molecular weight is 382 g/mol. The number of fused-ring (bicyclic) bond motifs is 1. The molecule has 4 nitrogen and oxygen atoms in total. The van der Waals surface area contributed by atoms with Crippen molar-refractivity contribution < 1.29 is 5.11 Å². The first-order chi connectivity index (χ1) is 12.5. The number of anilines is 2. The first kappa shape index (κ1) is 16.8. The number of phenols is 1. The third kappa shape index (κ3) is 3.00. The fourth-order valence-electron chi connectivity index (χ4n) is 2.95. The van der Waals surface area contributed by atoms with Crippen molar-refractivity contribution in [2.45, 2.75) is 13.8 Å². The van der Waals surface area contributed by atoms with Gasteiger partial charge < -0.3 is 10.4 Å². The number of phenolic OH excluding ortho intramolecular Hbond substituents is 1. The fourth-order valence-corrected chi connectivity index (χ4v) is 4.21. The number of nitrogens with zero attached hydrogens (tertiary/aromatic N) is 2. The lowest BCUT2D eigenvalue weighted by Gasteiger charge is -2.11. The van der Waals surface area contributed by atoms with Crippen molar-refractivity contribution in [3.63, 3.8) is 0 Å². The number of halogens is 1. The summed E-state index contributed by atoms with van der Waals surface area (Å²) >= 11 is 7.72. The van der Waals surface area contributed by atoms with Crippen molar-refractivity contribution >= 4 is 44.7 Å². The predicted molar refractivity (Wildman–Crippen MR) is 109 cm³/mol. The number of aryl methyl sites for hydroxylation is 2. The van der Waals surface area contributed by atoms with Crippen LogP contribution in [0, 0.1) is 13.8 Å². The summed E-state index contributed by atoms with van der Waals surface area (Å²) in [4.78, 5) is 10.7. The lowest BCUT2D eigenvalue weighted by Crippen LogP contribution is -1.97. The Bertz CT molecular complexity index is 1110. The maximum Gasteiger partial charge on any atom is 0.225 e. The molecule has 0 spiro atoms. The van der Waals surface area contributed by atoms with Gasteiger partial charge in [-0.25, -0.2) is 4.98 Å². The number of para-hydroxylation sites is 2. The normalized spacial score (nSPS) is 11.0. The maximum atomic E-state index is 10.1. The molecule has 0 aliphatic carbocycles. The Hall–Kier alpha value is -2.63. The molecule has 4 rings (SSSR count). The minimum absolute atomic E-state index is 0.152. The molecular weight excluding hydrogens is 366 g/mol. The van der Waals surface area contributed by atoms with Crippen LogP contribution in [0.1, 0.15) is 10.4 Å². The highest BCUT2D eigenvalue weighted by Gasteiger charge is 2.19. The quantitative estimate of drug-likeness (QED) is 0.333. The van der Waals surface area contributed by atoms with E-state index in [4.69, 9.17) is 11.6 Å². The molecule has 0 radical (unpaired) electrons. The van der Waals surface area contributed by atoms with Gasteiger partial charge in [0.1, 0.15) is 16.4 Å². The SMILES string of the molecule is Cc1ccc(-c2c(C)sc3nc(Cl)nc(Nc4ccccc4O)c23)cc1. The van der Waals surface area contributed by atoms with E-state index in [-0.39, 0.29) is 11.0 Å². The van der Waals surface area contributed by atoms with E-state index in [1.807, 2.05) is 6.07 Å². The summed E-state index contributed by atoms with van der Waals surface area (Å²) in [5.74, 6) is 0.737. The summed E-state index contributed by atoms with van der Waals surface area (Å²) in [6, 6.07) is 15.4. The van der Waals surface area contributed by atoms with Gasteiger partial charge in [0, 0.05) is 10.4 Å². The zero-order valence-corrected chi connectivity index (χ0v) is 15.8. The molecule has 26 heavy (non-hydrogen) atoms. The second kappa shape index (κ2) is 6.59. The second-order valence-electron chi connectivity index (χ2n) is 6.06. The first-order valence-corrected chi connectivity index (χ1v) is 9.31. The molecule has 0 saturated heterocycles. The van der Waals surface area contributed by atoms with E-state index < -0.39 is 0 Å². The van der Waals surface area contributed by atoms with Gasteiger partial charge in [-0.3, -0.25) is 0 Å². The first-order valence-electron chi connectivity index (χ1n) is 8.11. The van der Waals surface area contributed by atoms with Crippen molar-refractivity contribution in [2.75, 3.05) is 5.32 Å². The Morgan fingerprint density at radius 1 is 1.00 bits per heavy atom. The predicted octanol–water partition coefficient (Wildman–Crippen LogP) is 6.08. The van der Waals surface area contributed by atoms with Gasteiger partial charge >= 0.3 is 0 Å². The van der Waals surface area contributed by atoms with Crippen LogP contribution in [0.2, 0.25) is 5.28 Å². The van der Waals surface area contributed by atoms with Crippen molar-refractivity contribution in [2.24, 2.45) is 0 Å². The largest absolute Gasteiger partial charge is 0.506 e. The molecule has 0 aliphatic rings. The molecule has 0 aliphatic heterocycles. The van der Waals surface area contributed by atoms with Crippen LogP contribution in [0.5, 0.6) is 5.75 Å². The van der Waals surface area contributed by atoms with Gasteiger partial charge in [0.25, 0.3) is 0 Å². The monoisotopic (exact) mass is 381 g/mol. The van der Waals surface area contributed by atoms with Crippen molar-refractivity contribution in [3.8, 4) is 16.9 Å². The molecule has 0 unspecified atom stereocenters. The van der Waals surface area contributed by atoms with Gasteiger partial charge in [-0.05, 0) is 43.1 Å². The zero-order chi connectivity index (χ0) is 18.3. The zero-order valence-electron chi connectivity index (χ0n) is 14.2. The summed E-state index contributed by atoms with van der Waals surface area (Å²) in [6.07, 6.45) is 0. The number of thiophene rings is 1. The van der Waals surface area contributed by atoms with E-state index >= 15 is 0 Å². The van der Waals surface area contributed by atoms with Crippen LogP contribution in [0.15, 0.2) is 48.5 Å². The van der Waals surface area contributed by atoms with Crippen molar-refractivity contribution in [3.05, 3.63) is 64.3 Å². The molecule has 2 aromatic carbocycles. The van der Waals surface area contributed by atoms with Crippen molar-refractivity contribution in [1.29, 1.82) is 0 Å². The molecule has 4 aromatic rings. The van der Waals surface area contributed by atoms with E-state index in [9.17, 15) is 5.11 Å². The van der Waals surface area contributed by atoms with Crippen molar-refractivity contribution in [1.82, 2.24) is 9.97 Å². The number of nitrogens with one attached hydrogen (secondary N) is 1. The number of hydrogen-bond donors (Lipinski definition) is 2. The second-order valence-corrected chi connectivity index (χ2v) is 7.60. The van der Waals surface area contributed by atoms with Crippen LogP contribution in [0.25, 0.3) is 21.3 Å². The molecule has 0 amide bonds. The van der Waals surface area contributed by atoms with Crippen LogP contribution in [-0.4, -0.2) is 15.1 Å². The molecular formula is C20H16ClN3OS. The molecule has 0 atom stereocenters. The van der Waals surface area contributed by atoms with Crippen LogP contribution in [-0.2, 0) is 0 Å². The van der Waals surface area contributed by atoms with Gasteiger partial charge in [-0.15, -0.1) is 11.3 Å². The van der Waals surface area contributed by atoms with E-state index in [0.717, 1.165) is 26.2 Å². The van der Waals surface area contributed by atoms with Crippen LogP contribution in [0.3, 0.4) is 0 Å². The number of benzene rings is 2. The summed E-state index contributed by atoms with van der Waals surface area (Å²) in [5.41, 5.74) is 3.96. The minimum Gasteiger partial charge on any atom is -0.506 e. The van der Waals surface area contributed by atoms with Gasteiger partial charge in [0.15, 0.2) is 0 Å². The number of rotatable bonds is 3. The number of aromatic hydroxyl groups is 1. The average Bonchev–Trinajstić information content (AvgIpc) is 2.93. The van der Waals surface area contributed by atoms with Gasteiger partial charge in [0.2, 0.25) is 5.28 Å². The molecule has 2 heterocycles. The summed E-state index contributed by atoms with van der Waals surface area (Å²) < 4.78 is 0. The van der Waals surface area contributed by atoms with Gasteiger partial charge in [0.05, 0.1) is 11.1 Å². The highest BCUT2D eigenvalue weighted by atomic mass is 35.5. The topological polar surface area (TPSA) is 58.0 Å². The van der Waals surface area contributed by atoms with Crippen LogP contribution >= 0.6 is 22.9 Å². The Labute approximate surface area is 160 Å². The summed E-state index contributed by atoms with van der Waals surface area (Å²) in [7, 11) is 0. The molecule has 0 fully saturated rings. The maximum absolute atomic E-state index is 10.1. The Morgan fingerprint density at radius 2 is 1.73 bits per heavy atom. The lowest BCUT2D eigenvalue weighted by molar-refractivity contribution is 0.478. The highest BCUT2D eigenvalue weighted by Crippen LogP contribution is 2.42. The molecule has 2 aromatic heterocycles. The van der Waals surface area contributed by atoms with Crippen LogP contribution in [0.4, 0.5) is 11.5 Å². The van der Waals surface area contributed by atoms with Gasteiger partial charge in [-0.2, -0.15) is 4.98 Å². The smallest absolute Gasteiger partial charge is 0.225 e. The van der Waals surface area contributed by atoms with E-state index in [0.29, 0.717) is 11.5 Å². The lowest BCUT2D eigenvalue weighted by atomic mass is 10.0. The highest BCUT2D eigenvalue weighted by molar-refractivity contribution is 7.19. The summed E-state index contributed by atoms with van der Waals surface area (Å²) in [6.45, 7) is 4.13. The van der Waals surface area contributed by atoms with Crippen LogP contribution < -0.4 is 5.32 Å². The molecule has 130 valence electrons. The standard InChI is InChI=1S/C20H16ClN3OS/c1-11-7-9-13(10-8-11)16-12(2)26-19-17(16)18(23-20(21)24-19)22-14-5-3-4-6-15(14)25/h3-10,25H,1-2H3,(H,22,23,24).